The number of ketones is 1. The highest BCUT2D eigenvalue weighted by Crippen LogP contribution is 2.35. The van der Waals surface area contributed by atoms with Crippen LogP contribution in [0.1, 0.15) is 52.9 Å². The number of carbonyl (C=O) groups excluding carboxylic acids is 2. The van der Waals surface area contributed by atoms with Crippen molar-refractivity contribution in [2.45, 2.75) is 77.3 Å². The topological polar surface area (TPSA) is 104 Å². The molecule has 0 aromatic rings. The molecule has 5 atom stereocenters. The van der Waals surface area contributed by atoms with Crippen LogP contribution in [0.3, 0.4) is 0 Å². The molecule has 24 heavy (non-hydrogen) atoms. The lowest BCUT2D eigenvalue weighted by Gasteiger charge is -2.39. The van der Waals surface area contributed by atoms with Gasteiger partial charge in [-0.05, 0) is 50.9 Å². The summed E-state index contributed by atoms with van der Waals surface area (Å²) in [4.78, 5) is 24.0. The second-order valence-corrected chi connectivity index (χ2v) is 7.76. The second kappa shape index (κ2) is 7.93. The molecule has 3 N–H and O–H groups in total. The van der Waals surface area contributed by atoms with Crippen LogP contribution in [0.2, 0.25) is 0 Å². The van der Waals surface area contributed by atoms with Crippen LogP contribution in [0.5, 0.6) is 0 Å². The Morgan fingerprint density at radius 2 is 1.54 bits per heavy atom. The van der Waals surface area contributed by atoms with Crippen LogP contribution in [0.15, 0.2) is 0 Å². The summed E-state index contributed by atoms with van der Waals surface area (Å²) in [7, 11) is 0. The van der Waals surface area contributed by atoms with Gasteiger partial charge in [-0.25, -0.2) is 0 Å². The van der Waals surface area contributed by atoms with Crippen LogP contribution in [0.4, 0.5) is 0 Å². The van der Waals surface area contributed by atoms with E-state index in [2.05, 4.69) is 13.8 Å². The number of ether oxygens (including phenoxy) is 1. The highest BCUT2D eigenvalue weighted by Gasteiger charge is 2.46. The van der Waals surface area contributed by atoms with Crippen molar-refractivity contribution in [1.82, 2.24) is 0 Å². The van der Waals surface area contributed by atoms with Gasteiger partial charge in [0, 0.05) is 5.92 Å². The van der Waals surface area contributed by atoms with E-state index >= 15 is 0 Å². The van der Waals surface area contributed by atoms with Crippen molar-refractivity contribution in [2.24, 2.45) is 23.7 Å². The Bertz CT molecular complexity index is 454. The summed E-state index contributed by atoms with van der Waals surface area (Å²) < 4.78 is 5.43. The van der Waals surface area contributed by atoms with Crippen LogP contribution in [0.25, 0.3) is 0 Å². The zero-order chi connectivity index (χ0) is 18.0. The van der Waals surface area contributed by atoms with Crippen LogP contribution in [0, 0.1) is 23.7 Å². The fourth-order valence-corrected chi connectivity index (χ4v) is 3.98. The van der Waals surface area contributed by atoms with E-state index in [0.29, 0.717) is 11.8 Å². The van der Waals surface area contributed by atoms with Gasteiger partial charge in [0.2, 0.25) is 0 Å². The molecule has 0 aromatic heterocycles. The first kappa shape index (κ1) is 19.3. The largest absolute Gasteiger partial charge is 0.459 e. The summed E-state index contributed by atoms with van der Waals surface area (Å²) >= 11 is 0. The minimum atomic E-state index is -1.48. The molecule has 0 saturated heterocycles. The van der Waals surface area contributed by atoms with E-state index in [1.165, 1.54) is 6.92 Å². The van der Waals surface area contributed by atoms with Crippen molar-refractivity contribution in [3.05, 3.63) is 0 Å². The van der Waals surface area contributed by atoms with E-state index < -0.39 is 30.3 Å². The standard InChI is InChI=1S/C18H30O6/c1-9(2)11-4-6-12(7-5-11)18(23)24-14-8-13(10(3)19)15(20)17(22)16(14)21/h9,11-17,20-22H,4-8H2,1-3H3/t11?,12?,13-,14?,15-,16+,17+/m1/s1. The van der Waals surface area contributed by atoms with Gasteiger partial charge in [-0.3, -0.25) is 9.59 Å². The quantitative estimate of drug-likeness (QED) is 0.660. The number of hydrogen-bond acceptors (Lipinski definition) is 6. The summed E-state index contributed by atoms with van der Waals surface area (Å²) in [6.07, 6.45) is -1.57. The highest BCUT2D eigenvalue weighted by molar-refractivity contribution is 5.79. The number of aliphatic hydroxyl groups excluding tert-OH is 3. The lowest BCUT2D eigenvalue weighted by Crippen LogP contribution is -2.56. The van der Waals surface area contributed by atoms with E-state index in [-0.39, 0.29) is 24.1 Å². The minimum absolute atomic E-state index is 0.0435. The fourth-order valence-electron chi connectivity index (χ4n) is 3.98. The number of Topliss-reactive ketones (excluding diaryl/α,β-unsaturated/α-hetero) is 1. The van der Waals surface area contributed by atoms with Crippen molar-refractivity contribution in [3.63, 3.8) is 0 Å². The predicted molar refractivity (Wildman–Crippen MR) is 87.0 cm³/mol. The fraction of sp³-hybridized carbons (Fsp3) is 0.889. The van der Waals surface area contributed by atoms with Gasteiger partial charge < -0.3 is 20.1 Å². The summed E-state index contributed by atoms with van der Waals surface area (Å²) in [6.45, 7) is 5.71. The van der Waals surface area contributed by atoms with Gasteiger partial charge in [0.25, 0.3) is 0 Å². The molecule has 2 aliphatic carbocycles. The van der Waals surface area contributed by atoms with Crippen molar-refractivity contribution in [3.8, 4) is 0 Å². The van der Waals surface area contributed by atoms with Crippen LogP contribution in [-0.2, 0) is 14.3 Å². The molecule has 2 aliphatic rings. The van der Waals surface area contributed by atoms with Crippen molar-refractivity contribution < 1.29 is 29.6 Å². The third-order valence-electron chi connectivity index (χ3n) is 5.82. The number of aliphatic hydroxyl groups is 3. The highest BCUT2D eigenvalue weighted by atomic mass is 16.6. The van der Waals surface area contributed by atoms with E-state index in [1.54, 1.807) is 0 Å². The van der Waals surface area contributed by atoms with Crippen LogP contribution < -0.4 is 0 Å². The molecule has 0 spiro atoms. The molecule has 0 amide bonds. The molecule has 2 fully saturated rings. The molecule has 6 heteroatoms. The second-order valence-electron chi connectivity index (χ2n) is 7.76. The smallest absolute Gasteiger partial charge is 0.309 e. The molecule has 138 valence electrons. The lowest BCUT2D eigenvalue weighted by atomic mass is 9.76. The molecule has 0 aliphatic heterocycles. The molecule has 0 aromatic carbocycles. The van der Waals surface area contributed by atoms with Crippen molar-refractivity contribution in [2.75, 3.05) is 0 Å². The van der Waals surface area contributed by atoms with Gasteiger partial charge in [0.1, 0.15) is 24.1 Å². The van der Waals surface area contributed by atoms with Crippen molar-refractivity contribution in [1.29, 1.82) is 0 Å². The van der Waals surface area contributed by atoms with Gasteiger partial charge in [-0.1, -0.05) is 13.8 Å². The molecule has 0 bridgehead atoms. The monoisotopic (exact) mass is 342 g/mol. The Labute approximate surface area is 143 Å². The van der Waals surface area contributed by atoms with Gasteiger partial charge in [-0.15, -0.1) is 0 Å². The predicted octanol–water partition coefficient (Wildman–Crippen LogP) is 1.05. The zero-order valence-corrected chi connectivity index (χ0v) is 14.7. The lowest BCUT2D eigenvalue weighted by molar-refractivity contribution is -0.191. The molecular formula is C18H30O6. The van der Waals surface area contributed by atoms with E-state index in [0.717, 1.165) is 25.7 Å². The Morgan fingerprint density at radius 3 is 2.04 bits per heavy atom. The third kappa shape index (κ3) is 4.16. The van der Waals surface area contributed by atoms with Crippen LogP contribution in [-0.4, -0.2) is 51.5 Å². The maximum Gasteiger partial charge on any atom is 0.309 e. The number of hydrogen-bond donors (Lipinski definition) is 3. The molecule has 2 saturated carbocycles. The Kier molecular flexibility index (Phi) is 6.39. The van der Waals surface area contributed by atoms with E-state index in [4.69, 9.17) is 4.74 Å². The summed E-state index contributed by atoms with van der Waals surface area (Å²) in [5.74, 6) is -0.424. The number of esters is 1. The average Bonchev–Trinajstić information content (AvgIpc) is 2.55. The molecule has 0 heterocycles. The number of carbonyl (C=O) groups is 2. The van der Waals surface area contributed by atoms with Gasteiger partial charge in [0.15, 0.2) is 0 Å². The first-order valence-corrected chi connectivity index (χ1v) is 8.97. The molecule has 6 nitrogen and oxygen atoms in total. The summed E-state index contributed by atoms with van der Waals surface area (Å²) in [5, 5.41) is 29.9. The molecule has 2 rings (SSSR count). The molecular weight excluding hydrogens is 312 g/mol. The van der Waals surface area contributed by atoms with Gasteiger partial charge in [-0.2, -0.15) is 0 Å². The third-order valence-corrected chi connectivity index (χ3v) is 5.82. The average molecular weight is 342 g/mol. The van der Waals surface area contributed by atoms with E-state index in [1.807, 2.05) is 0 Å². The molecule has 1 unspecified atom stereocenters. The maximum atomic E-state index is 12.4. The summed E-state index contributed by atoms with van der Waals surface area (Å²) in [5.41, 5.74) is 0. The Balaban J connectivity index is 1.94. The minimum Gasteiger partial charge on any atom is -0.459 e. The maximum absolute atomic E-state index is 12.4. The Morgan fingerprint density at radius 1 is 0.958 bits per heavy atom. The number of rotatable bonds is 4. The molecule has 0 radical (unpaired) electrons. The van der Waals surface area contributed by atoms with Crippen molar-refractivity contribution >= 4 is 11.8 Å². The normalized spacial score (nSPS) is 40.4. The van der Waals surface area contributed by atoms with Gasteiger partial charge in [0.05, 0.1) is 12.0 Å². The zero-order valence-electron chi connectivity index (χ0n) is 14.7. The first-order chi connectivity index (χ1) is 11.2. The van der Waals surface area contributed by atoms with Crippen LogP contribution >= 0.6 is 0 Å². The first-order valence-electron chi connectivity index (χ1n) is 8.97. The Hall–Kier alpha value is -0.980. The SMILES string of the molecule is CC(=O)[C@H]1CC(OC(=O)C2CCC(C(C)C)CC2)[C@H](O)[C@@H](O)[C@@H]1O. The van der Waals surface area contributed by atoms with Gasteiger partial charge >= 0.3 is 5.97 Å². The van der Waals surface area contributed by atoms with E-state index in [9.17, 15) is 24.9 Å². The summed E-state index contributed by atoms with van der Waals surface area (Å²) in [6, 6.07) is 0.